The highest BCUT2D eigenvalue weighted by Gasteiger charge is 2.30. The fourth-order valence-corrected chi connectivity index (χ4v) is 4.99. The molecule has 0 bridgehead atoms. The molecular formula is C28H28F3N5O2. The third kappa shape index (κ3) is 5.02. The van der Waals surface area contributed by atoms with E-state index in [0.29, 0.717) is 47.2 Å². The van der Waals surface area contributed by atoms with Crippen LogP contribution in [-0.2, 0) is 16.1 Å². The standard InChI is InChI=1S/C28H28F3N5O2/c1-16-25(15-37-9-7-29)35-28-24(33-16)12-23(34-27(28)21-5-2-19(30)11-22(21)31)17-6-8-38-26(10-17)18-13-32-36(14-18)20-3-4-20/h2,5,11-14,17,20,26H,3-4,6-10,15H2,1H3. The Kier molecular flexibility index (Phi) is 6.84. The first-order valence-electron chi connectivity index (χ1n) is 12.9. The van der Waals surface area contributed by atoms with Crippen LogP contribution in [0.15, 0.2) is 36.7 Å². The maximum absolute atomic E-state index is 15.0. The van der Waals surface area contributed by atoms with E-state index in [1.54, 1.807) is 6.92 Å². The molecule has 4 heterocycles. The van der Waals surface area contributed by atoms with Crippen molar-refractivity contribution in [1.82, 2.24) is 24.7 Å². The molecule has 1 saturated heterocycles. The molecule has 2 unspecified atom stereocenters. The summed E-state index contributed by atoms with van der Waals surface area (Å²) in [5, 5.41) is 4.51. The SMILES string of the molecule is Cc1nc2cc(C3CCOC(c4cnn(C5CC5)c4)C3)nc(-c3ccc(F)cc3F)c2nc1COCCF. The molecule has 10 heteroatoms. The number of aryl methyl sites for hydroxylation is 1. The van der Waals surface area contributed by atoms with Crippen LogP contribution in [0.3, 0.4) is 0 Å². The Morgan fingerprint density at radius 1 is 1.11 bits per heavy atom. The van der Waals surface area contributed by atoms with Gasteiger partial charge in [0.25, 0.3) is 0 Å². The molecule has 4 aromatic rings. The maximum Gasteiger partial charge on any atom is 0.135 e. The zero-order valence-corrected chi connectivity index (χ0v) is 21.0. The monoisotopic (exact) mass is 523 g/mol. The first-order valence-corrected chi connectivity index (χ1v) is 12.9. The average Bonchev–Trinajstić information content (AvgIpc) is 3.65. The van der Waals surface area contributed by atoms with Gasteiger partial charge in [0.2, 0.25) is 0 Å². The Labute approximate surface area is 218 Å². The van der Waals surface area contributed by atoms with Crippen LogP contribution in [0.4, 0.5) is 13.2 Å². The van der Waals surface area contributed by atoms with Crippen LogP contribution in [0.2, 0.25) is 0 Å². The van der Waals surface area contributed by atoms with Gasteiger partial charge in [0, 0.05) is 41.6 Å². The Morgan fingerprint density at radius 2 is 1.97 bits per heavy atom. The lowest BCUT2D eigenvalue weighted by Gasteiger charge is -2.29. The highest BCUT2D eigenvalue weighted by Crippen LogP contribution is 2.40. The van der Waals surface area contributed by atoms with Gasteiger partial charge in [-0.25, -0.2) is 28.1 Å². The smallest absolute Gasteiger partial charge is 0.135 e. The second-order valence-electron chi connectivity index (χ2n) is 9.95. The lowest BCUT2D eigenvalue weighted by molar-refractivity contribution is 0.00462. The van der Waals surface area contributed by atoms with Crippen LogP contribution < -0.4 is 0 Å². The molecule has 0 radical (unpaired) electrons. The molecule has 3 aromatic heterocycles. The summed E-state index contributed by atoms with van der Waals surface area (Å²) in [6.45, 7) is 1.77. The molecule has 38 heavy (non-hydrogen) atoms. The third-order valence-electron chi connectivity index (χ3n) is 7.21. The van der Waals surface area contributed by atoms with Crippen molar-refractivity contribution < 1.29 is 22.6 Å². The van der Waals surface area contributed by atoms with E-state index in [9.17, 15) is 13.2 Å². The quantitative estimate of drug-likeness (QED) is 0.267. The Balaban J connectivity index is 1.39. The number of hydrogen-bond acceptors (Lipinski definition) is 6. The molecule has 1 aromatic carbocycles. The minimum absolute atomic E-state index is 0.0411. The molecule has 2 atom stereocenters. The summed E-state index contributed by atoms with van der Waals surface area (Å²) in [5.41, 5.74) is 4.33. The van der Waals surface area contributed by atoms with E-state index in [4.69, 9.17) is 24.4 Å². The summed E-state index contributed by atoms with van der Waals surface area (Å²) in [4.78, 5) is 14.3. The number of hydrogen-bond donors (Lipinski definition) is 0. The highest BCUT2D eigenvalue weighted by molar-refractivity contribution is 5.89. The first-order chi connectivity index (χ1) is 18.5. The van der Waals surface area contributed by atoms with E-state index in [1.165, 1.54) is 12.1 Å². The average molecular weight is 524 g/mol. The molecule has 198 valence electrons. The van der Waals surface area contributed by atoms with Gasteiger partial charge in [-0.2, -0.15) is 5.10 Å². The number of ether oxygens (including phenoxy) is 2. The van der Waals surface area contributed by atoms with Crippen LogP contribution in [0, 0.1) is 18.6 Å². The predicted octanol–water partition coefficient (Wildman–Crippen LogP) is 5.93. The predicted molar refractivity (Wildman–Crippen MR) is 134 cm³/mol. The van der Waals surface area contributed by atoms with E-state index in [-0.39, 0.29) is 30.8 Å². The molecule has 0 amide bonds. The van der Waals surface area contributed by atoms with Crippen molar-refractivity contribution in [3.8, 4) is 11.3 Å². The zero-order valence-electron chi connectivity index (χ0n) is 21.0. The van der Waals surface area contributed by atoms with Crippen LogP contribution in [-0.4, -0.2) is 44.6 Å². The second-order valence-corrected chi connectivity index (χ2v) is 9.95. The molecule has 1 aliphatic heterocycles. The number of pyridine rings is 1. The van der Waals surface area contributed by atoms with Gasteiger partial charge in [-0.3, -0.25) is 4.68 Å². The van der Waals surface area contributed by atoms with Gasteiger partial charge in [0.05, 0.1) is 48.5 Å². The number of alkyl halides is 1. The highest BCUT2D eigenvalue weighted by atomic mass is 19.1. The topological polar surface area (TPSA) is 75.0 Å². The fourth-order valence-electron chi connectivity index (χ4n) is 4.99. The maximum atomic E-state index is 15.0. The van der Waals surface area contributed by atoms with Gasteiger partial charge < -0.3 is 9.47 Å². The Bertz CT molecular complexity index is 1470. The fraction of sp³-hybridized carbons (Fsp3) is 0.429. The first kappa shape index (κ1) is 24.9. The van der Waals surface area contributed by atoms with Crippen molar-refractivity contribution in [2.24, 2.45) is 0 Å². The molecule has 7 nitrogen and oxygen atoms in total. The summed E-state index contributed by atoms with van der Waals surface area (Å²) < 4.78 is 54.7. The Hall–Kier alpha value is -3.37. The zero-order chi connectivity index (χ0) is 26.2. The van der Waals surface area contributed by atoms with E-state index in [0.717, 1.165) is 36.6 Å². The minimum Gasteiger partial charge on any atom is -0.373 e. The lowest BCUT2D eigenvalue weighted by atomic mass is 9.89. The Morgan fingerprint density at radius 3 is 2.76 bits per heavy atom. The molecule has 2 fully saturated rings. The van der Waals surface area contributed by atoms with E-state index >= 15 is 0 Å². The second kappa shape index (κ2) is 10.4. The van der Waals surface area contributed by atoms with Crippen molar-refractivity contribution >= 4 is 11.0 Å². The van der Waals surface area contributed by atoms with Gasteiger partial charge in [-0.1, -0.05) is 0 Å². The summed E-state index contributed by atoms with van der Waals surface area (Å²) >= 11 is 0. The number of benzene rings is 1. The van der Waals surface area contributed by atoms with E-state index in [2.05, 4.69) is 11.3 Å². The molecule has 0 N–H and O–H groups in total. The van der Waals surface area contributed by atoms with Gasteiger partial charge in [0.1, 0.15) is 29.5 Å². The summed E-state index contributed by atoms with van der Waals surface area (Å²) in [6, 6.07) is 5.80. The van der Waals surface area contributed by atoms with Crippen LogP contribution in [0.25, 0.3) is 22.3 Å². The molecule has 2 aliphatic rings. The molecule has 1 saturated carbocycles. The number of rotatable bonds is 8. The van der Waals surface area contributed by atoms with Crippen molar-refractivity contribution in [3.05, 3.63) is 70.9 Å². The van der Waals surface area contributed by atoms with Crippen molar-refractivity contribution in [2.45, 2.75) is 57.3 Å². The normalized spacial score (nSPS) is 19.8. The van der Waals surface area contributed by atoms with Crippen molar-refractivity contribution in [3.63, 3.8) is 0 Å². The van der Waals surface area contributed by atoms with Crippen LogP contribution in [0.5, 0.6) is 0 Å². The summed E-state index contributed by atoms with van der Waals surface area (Å²) in [5.74, 6) is -1.36. The van der Waals surface area contributed by atoms with E-state index < -0.39 is 18.3 Å². The van der Waals surface area contributed by atoms with Crippen molar-refractivity contribution in [2.75, 3.05) is 19.9 Å². The number of fused-ring (bicyclic) bond motifs is 1. The minimum atomic E-state index is -0.731. The molecule has 6 rings (SSSR count). The molecule has 0 spiro atoms. The van der Waals surface area contributed by atoms with Crippen LogP contribution >= 0.6 is 0 Å². The van der Waals surface area contributed by atoms with Gasteiger partial charge in [-0.05, 0) is 50.8 Å². The molecule has 1 aliphatic carbocycles. The summed E-state index contributed by atoms with van der Waals surface area (Å²) in [7, 11) is 0. The van der Waals surface area contributed by atoms with Crippen molar-refractivity contribution in [1.29, 1.82) is 0 Å². The summed E-state index contributed by atoms with van der Waals surface area (Å²) in [6.07, 6.45) is 7.58. The third-order valence-corrected chi connectivity index (χ3v) is 7.21. The van der Waals surface area contributed by atoms with Gasteiger partial charge >= 0.3 is 0 Å². The largest absolute Gasteiger partial charge is 0.373 e. The van der Waals surface area contributed by atoms with E-state index in [1.807, 2.05) is 16.9 Å². The molecular weight excluding hydrogens is 495 g/mol. The lowest BCUT2D eigenvalue weighted by Crippen LogP contribution is -2.19. The van der Waals surface area contributed by atoms with Gasteiger partial charge in [-0.15, -0.1) is 0 Å². The number of aromatic nitrogens is 5. The van der Waals surface area contributed by atoms with Crippen LogP contribution in [0.1, 0.15) is 66.4 Å². The van der Waals surface area contributed by atoms with Gasteiger partial charge in [0.15, 0.2) is 0 Å². The number of halogens is 3. The number of nitrogens with zero attached hydrogens (tertiary/aromatic N) is 5.